The highest BCUT2D eigenvalue weighted by Gasteiger charge is 2.19. The first kappa shape index (κ1) is 19.3. The lowest BCUT2D eigenvalue weighted by atomic mass is 9.92. The molecule has 0 bridgehead atoms. The van der Waals surface area contributed by atoms with Crippen molar-refractivity contribution >= 4 is 5.91 Å². The smallest absolute Gasteiger partial charge is 0.261 e. The topological polar surface area (TPSA) is 47.6 Å². The fraction of sp³-hybridized carbons (Fsp3) is 0.435. The van der Waals surface area contributed by atoms with Gasteiger partial charge in [0.2, 0.25) is 0 Å². The van der Waals surface area contributed by atoms with Crippen molar-refractivity contribution in [2.75, 3.05) is 6.61 Å². The van der Waals surface area contributed by atoms with Gasteiger partial charge in [-0.15, -0.1) is 0 Å². The lowest BCUT2D eigenvalue weighted by Gasteiger charge is -2.20. The van der Waals surface area contributed by atoms with E-state index in [-0.39, 0.29) is 5.91 Å². The standard InChI is InChI=1S/C23H29NO3/c1-3-22(27-21-14-11-18-7-5-6-8-19(18)15-21)23(25)24-16-17-9-12-20(13-10-17)26-4-2/h9-15,22H,3-8,16H2,1-2H3,(H,24,25). The Morgan fingerprint density at radius 2 is 1.70 bits per heavy atom. The second-order valence-electron chi connectivity index (χ2n) is 6.95. The summed E-state index contributed by atoms with van der Waals surface area (Å²) >= 11 is 0. The summed E-state index contributed by atoms with van der Waals surface area (Å²) in [5.41, 5.74) is 3.82. The van der Waals surface area contributed by atoms with Gasteiger partial charge in [-0.2, -0.15) is 0 Å². The van der Waals surface area contributed by atoms with Crippen molar-refractivity contribution < 1.29 is 14.3 Å². The third-order valence-electron chi connectivity index (χ3n) is 4.96. The molecule has 0 saturated heterocycles. The minimum Gasteiger partial charge on any atom is -0.494 e. The van der Waals surface area contributed by atoms with E-state index in [0.29, 0.717) is 19.6 Å². The van der Waals surface area contributed by atoms with Crippen LogP contribution in [0.25, 0.3) is 0 Å². The normalized spacial score (nSPS) is 14.1. The largest absolute Gasteiger partial charge is 0.494 e. The van der Waals surface area contributed by atoms with Gasteiger partial charge in [-0.1, -0.05) is 25.1 Å². The van der Waals surface area contributed by atoms with Gasteiger partial charge in [-0.25, -0.2) is 0 Å². The maximum Gasteiger partial charge on any atom is 0.261 e. The van der Waals surface area contributed by atoms with E-state index in [9.17, 15) is 4.79 Å². The third-order valence-corrected chi connectivity index (χ3v) is 4.96. The minimum atomic E-state index is -0.477. The van der Waals surface area contributed by atoms with Gasteiger partial charge in [0.25, 0.3) is 5.91 Å². The van der Waals surface area contributed by atoms with E-state index in [1.54, 1.807) is 0 Å². The number of hydrogen-bond acceptors (Lipinski definition) is 3. The number of fused-ring (bicyclic) bond motifs is 1. The van der Waals surface area contributed by atoms with Crippen LogP contribution in [-0.2, 0) is 24.2 Å². The number of amides is 1. The van der Waals surface area contributed by atoms with Crippen molar-refractivity contribution in [2.45, 2.75) is 58.6 Å². The van der Waals surface area contributed by atoms with Crippen LogP contribution in [0.3, 0.4) is 0 Å². The van der Waals surface area contributed by atoms with Crippen LogP contribution in [0.5, 0.6) is 11.5 Å². The summed E-state index contributed by atoms with van der Waals surface area (Å²) in [4.78, 5) is 12.5. The fourth-order valence-corrected chi connectivity index (χ4v) is 3.44. The van der Waals surface area contributed by atoms with Crippen LogP contribution in [0.4, 0.5) is 0 Å². The molecule has 2 aromatic rings. The first-order valence-electron chi connectivity index (χ1n) is 9.97. The number of hydrogen-bond donors (Lipinski definition) is 1. The predicted octanol–water partition coefficient (Wildman–Crippen LogP) is 4.44. The van der Waals surface area contributed by atoms with Crippen LogP contribution >= 0.6 is 0 Å². The lowest BCUT2D eigenvalue weighted by molar-refractivity contribution is -0.128. The number of carbonyl (C=O) groups is 1. The van der Waals surface area contributed by atoms with Crippen LogP contribution < -0.4 is 14.8 Å². The molecule has 1 aliphatic rings. The van der Waals surface area contributed by atoms with Gasteiger partial charge in [0.1, 0.15) is 11.5 Å². The Morgan fingerprint density at radius 1 is 1.00 bits per heavy atom. The second-order valence-corrected chi connectivity index (χ2v) is 6.95. The van der Waals surface area contributed by atoms with Gasteiger partial charge < -0.3 is 14.8 Å². The maximum absolute atomic E-state index is 12.5. The molecule has 4 heteroatoms. The van der Waals surface area contributed by atoms with Crippen LogP contribution in [0.1, 0.15) is 49.8 Å². The van der Waals surface area contributed by atoms with Gasteiger partial charge >= 0.3 is 0 Å². The molecule has 1 N–H and O–H groups in total. The summed E-state index contributed by atoms with van der Waals surface area (Å²) < 4.78 is 11.4. The number of rotatable bonds is 8. The number of benzene rings is 2. The Labute approximate surface area is 161 Å². The molecule has 4 nitrogen and oxygen atoms in total. The van der Waals surface area contributed by atoms with Crippen LogP contribution in [0.2, 0.25) is 0 Å². The van der Waals surface area contributed by atoms with E-state index in [2.05, 4.69) is 17.4 Å². The minimum absolute atomic E-state index is 0.0795. The molecule has 1 atom stereocenters. The second kappa shape index (κ2) is 9.45. The molecule has 3 rings (SSSR count). The summed E-state index contributed by atoms with van der Waals surface area (Å²) in [5, 5.41) is 2.98. The lowest BCUT2D eigenvalue weighted by Crippen LogP contribution is -2.37. The molecule has 1 unspecified atom stereocenters. The number of aryl methyl sites for hydroxylation is 2. The third kappa shape index (κ3) is 5.25. The first-order chi connectivity index (χ1) is 13.2. The van der Waals surface area contributed by atoms with Crippen LogP contribution in [-0.4, -0.2) is 18.6 Å². The Balaban J connectivity index is 1.56. The molecule has 0 saturated carbocycles. The van der Waals surface area contributed by atoms with Crippen molar-refractivity contribution in [2.24, 2.45) is 0 Å². The molecule has 0 spiro atoms. The van der Waals surface area contributed by atoms with Crippen LogP contribution in [0, 0.1) is 0 Å². The number of ether oxygens (including phenoxy) is 2. The molecule has 0 aromatic heterocycles. The van der Waals surface area contributed by atoms with E-state index in [0.717, 1.165) is 29.9 Å². The summed E-state index contributed by atoms with van der Waals surface area (Å²) in [6.45, 7) is 5.06. The molecule has 1 aliphatic carbocycles. The van der Waals surface area contributed by atoms with Crippen molar-refractivity contribution in [1.29, 1.82) is 0 Å². The van der Waals surface area contributed by atoms with Gasteiger partial charge in [-0.05, 0) is 80.0 Å². The highest BCUT2D eigenvalue weighted by molar-refractivity contribution is 5.81. The zero-order valence-electron chi connectivity index (χ0n) is 16.3. The monoisotopic (exact) mass is 367 g/mol. The van der Waals surface area contributed by atoms with Gasteiger partial charge in [0, 0.05) is 6.54 Å². The highest BCUT2D eigenvalue weighted by atomic mass is 16.5. The first-order valence-corrected chi connectivity index (χ1v) is 9.97. The fourth-order valence-electron chi connectivity index (χ4n) is 3.44. The van der Waals surface area contributed by atoms with Crippen molar-refractivity contribution in [3.8, 4) is 11.5 Å². The van der Waals surface area contributed by atoms with Gasteiger partial charge in [0.15, 0.2) is 6.10 Å². The maximum atomic E-state index is 12.5. The van der Waals surface area contributed by atoms with E-state index < -0.39 is 6.10 Å². The molecule has 0 heterocycles. The van der Waals surface area contributed by atoms with E-state index in [4.69, 9.17) is 9.47 Å². The Hall–Kier alpha value is -2.49. The van der Waals surface area contributed by atoms with Crippen molar-refractivity contribution in [3.63, 3.8) is 0 Å². The molecule has 0 fully saturated rings. The summed E-state index contributed by atoms with van der Waals surface area (Å²) in [7, 11) is 0. The summed E-state index contributed by atoms with van der Waals surface area (Å²) in [6.07, 6.45) is 4.90. The molecule has 27 heavy (non-hydrogen) atoms. The zero-order valence-corrected chi connectivity index (χ0v) is 16.3. The average molecular weight is 367 g/mol. The average Bonchev–Trinajstić information content (AvgIpc) is 2.71. The molecular formula is C23H29NO3. The van der Waals surface area contributed by atoms with E-state index in [1.807, 2.05) is 44.2 Å². The van der Waals surface area contributed by atoms with Crippen molar-refractivity contribution in [1.82, 2.24) is 5.32 Å². The van der Waals surface area contributed by atoms with E-state index >= 15 is 0 Å². The molecule has 1 amide bonds. The Kier molecular flexibility index (Phi) is 6.74. The van der Waals surface area contributed by atoms with Crippen LogP contribution in [0.15, 0.2) is 42.5 Å². The van der Waals surface area contributed by atoms with Gasteiger partial charge in [-0.3, -0.25) is 4.79 Å². The summed E-state index contributed by atoms with van der Waals surface area (Å²) in [5.74, 6) is 1.55. The molecule has 144 valence electrons. The van der Waals surface area contributed by atoms with Gasteiger partial charge in [0.05, 0.1) is 6.61 Å². The Morgan fingerprint density at radius 3 is 2.41 bits per heavy atom. The summed E-state index contributed by atoms with van der Waals surface area (Å²) in [6, 6.07) is 14.0. The highest BCUT2D eigenvalue weighted by Crippen LogP contribution is 2.26. The zero-order chi connectivity index (χ0) is 19.1. The SMILES string of the molecule is CCOc1ccc(CNC(=O)C(CC)Oc2ccc3c(c2)CCCC3)cc1. The molecule has 2 aromatic carbocycles. The molecular weight excluding hydrogens is 338 g/mol. The van der Waals surface area contributed by atoms with E-state index in [1.165, 1.54) is 24.0 Å². The quantitative estimate of drug-likeness (QED) is 0.750. The molecule has 0 aliphatic heterocycles. The predicted molar refractivity (Wildman–Crippen MR) is 107 cm³/mol. The van der Waals surface area contributed by atoms with Crippen molar-refractivity contribution in [3.05, 3.63) is 59.2 Å². The number of carbonyl (C=O) groups excluding carboxylic acids is 1. The molecule has 0 radical (unpaired) electrons. The Bertz CT molecular complexity index is 755. The number of nitrogens with one attached hydrogen (secondary N) is 1.